The number of piperidine rings is 1. The van der Waals surface area contributed by atoms with E-state index in [1.807, 2.05) is 0 Å². The number of carbonyl (C=O) groups is 2. The van der Waals surface area contributed by atoms with Crippen LogP contribution in [0.25, 0.3) is 0 Å². The molecule has 3 atom stereocenters. The number of carbonyl (C=O) groups excluding carboxylic acids is 2. The summed E-state index contributed by atoms with van der Waals surface area (Å²) in [5.41, 5.74) is 0. The number of nitrogens with zero attached hydrogens (tertiary/aromatic N) is 2. The molecule has 2 aliphatic rings. The Morgan fingerprint density at radius 2 is 1.83 bits per heavy atom. The Labute approximate surface area is 133 Å². The molecule has 2 rings (SSSR count). The Morgan fingerprint density at radius 3 is 2.43 bits per heavy atom. The highest BCUT2D eigenvalue weighted by Gasteiger charge is 2.40. The second kappa shape index (κ2) is 6.97. The Morgan fingerprint density at radius 1 is 1.13 bits per heavy atom. The van der Waals surface area contributed by atoms with Crippen LogP contribution in [0, 0.1) is 11.8 Å². The van der Waals surface area contributed by atoms with Gasteiger partial charge in [-0.3, -0.25) is 9.69 Å². The van der Waals surface area contributed by atoms with Crippen molar-refractivity contribution in [2.24, 2.45) is 11.8 Å². The summed E-state index contributed by atoms with van der Waals surface area (Å²) in [4.78, 5) is 27.3. The molecule has 2 amide bonds. The van der Waals surface area contributed by atoms with Gasteiger partial charge in [-0.25, -0.2) is 4.79 Å². The lowest BCUT2D eigenvalue weighted by atomic mass is 9.88. The molecule has 5 nitrogen and oxygen atoms in total. The van der Waals surface area contributed by atoms with Crippen molar-refractivity contribution in [3.63, 3.8) is 0 Å². The van der Waals surface area contributed by atoms with E-state index in [2.05, 4.69) is 18.6 Å². The predicted molar refractivity (Wildman–Crippen MR) is 76.7 cm³/mol. The second-order valence-corrected chi connectivity index (χ2v) is 6.55. The number of rotatable bonds is 2. The zero-order valence-electron chi connectivity index (χ0n) is 13.4. The van der Waals surface area contributed by atoms with Crippen LogP contribution < -0.4 is 0 Å². The van der Waals surface area contributed by atoms with Gasteiger partial charge in [-0.1, -0.05) is 13.8 Å². The largest absolute Gasteiger partial charge is 0.440 e. The van der Waals surface area contributed by atoms with Crippen molar-refractivity contribution in [3.8, 4) is 0 Å². The van der Waals surface area contributed by atoms with Gasteiger partial charge in [0, 0.05) is 19.6 Å². The SMILES string of the molecule is CC1CCN(C(=O)C2CCCN2C(=O)OCC(F)(F)F)CC1C. The molecule has 0 aromatic rings. The summed E-state index contributed by atoms with van der Waals surface area (Å²) >= 11 is 0. The van der Waals surface area contributed by atoms with Crippen LogP contribution in [0.15, 0.2) is 0 Å². The third-order valence-electron chi connectivity index (χ3n) is 4.78. The molecule has 0 radical (unpaired) electrons. The van der Waals surface area contributed by atoms with Gasteiger partial charge in [-0.05, 0) is 31.1 Å². The van der Waals surface area contributed by atoms with Crippen LogP contribution in [0.4, 0.5) is 18.0 Å². The van der Waals surface area contributed by atoms with E-state index in [1.54, 1.807) is 4.90 Å². The van der Waals surface area contributed by atoms with E-state index in [0.29, 0.717) is 37.8 Å². The molecule has 8 heteroatoms. The smallest absolute Gasteiger partial charge is 0.422 e. The van der Waals surface area contributed by atoms with E-state index in [-0.39, 0.29) is 12.5 Å². The van der Waals surface area contributed by atoms with Gasteiger partial charge in [0.2, 0.25) is 5.91 Å². The van der Waals surface area contributed by atoms with Gasteiger partial charge in [0.05, 0.1) is 0 Å². The number of amides is 2. The van der Waals surface area contributed by atoms with Crippen LogP contribution in [-0.2, 0) is 9.53 Å². The molecule has 0 saturated carbocycles. The minimum atomic E-state index is -4.56. The molecule has 0 aromatic heterocycles. The standard InChI is InChI=1S/C15H23F3N2O3/c1-10-5-7-19(8-11(10)2)13(21)12-4-3-6-20(12)14(22)23-9-15(16,17)18/h10-12H,3-9H2,1-2H3. The lowest BCUT2D eigenvalue weighted by Gasteiger charge is -2.37. The number of hydrogen-bond donors (Lipinski definition) is 0. The van der Waals surface area contributed by atoms with E-state index in [4.69, 9.17) is 0 Å². The van der Waals surface area contributed by atoms with Crippen molar-refractivity contribution in [1.29, 1.82) is 0 Å². The minimum Gasteiger partial charge on any atom is -0.440 e. The van der Waals surface area contributed by atoms with E-state index >= 15 is 0 Å². The van der Waals surface area contributed by atoms with Gasteiger partial charge in [-0.2, -0.15) is 13.2 Å². The maximum absolute atomic E-state index is 12.6. The molecule has 0 spiro atoms. The fourth-order valence-electron chi connectivity index (χ4n) is 3.14. The first-order valence-corrected chi connectivity index (χ1v) is 7.98. The van der Waals surface area contributed by atoms with Crippen LogP contribution >= 0.6 is 0 Å². The summed E-state index contributed by atoms with van der Waals surface area (Å²) < 4.78 is 40.8. The first-order chi connectivity index (χ1) is 10.7. The normalized spacial score (nSPS) is 28.8. The molecule has 0 aliphatic carbocycles. The number of ether oxygens (including phenoxy) is 1. The molecular formula is C15H23F3N2O3. The van der Waals surface area contributed by atoms with Crippen LogP contribution in [0.3, 0.4) is 0 Å². The van der Waals surface area contributed by atoms with Gasteiger partial charge in [0.25, 0.3) is 0 Å². The van der Waals surface area contributed by atoms with Crippen molar-refractivity contribution in [2.75, 3.05) is 26.2 Å². The lowest BCUT2D eigenvalue weighted by molar-refractivity contribution is -0.163. The molecule has 2 aliphatic heterocycles. The first kappa shape index (κ1) is 17.9. The molecule has 2 fully saturated rings. The zero-order valence-corrected chi connectivity index (χ0v) is 13.4. The second-order valence-electron chi connectivity index (χ2n) is 6.55. The Bertz CT molecular complexity index is 456. The lowest BCUT2D eigenvalue weighted by Crippen LogP contribution is -2.51. The topological polar surface area (TPSA) is 49.9 Å². The molecule has 0 bridgehead atoms. The Balaban J connectivity index is 1.95. The molecule has 2 saturated heterocycles. The van der Waals surface area contributed by atoms with E-state index in [1.165, 1.54) is 0 Å². The molecule has 0 N–H and O–H groups in total. The number of halogens is 3. The van der Waals surface area contributed by atoms with Crippen molar-refractivity contribution in [3.05, 3.63) is 0 Å². The highest BCUT2D eigenvalue weighted by atomic mass is 19.4. The zero-order chi connectivity index (χ0) is 17.2. The summed E-state index contributed by atoms with van der Waals surface area (Å²) in [5, 5.41) is 0. The third-order valence-corrected chi connectivity index (χ3v) is 4.78. The summed E-state index contributed by atoms with van der Waals surface area (Å²) in [6, 6.07) is -0.698. The van der Waals surface area contributed by atoms with Crippen LogP contribution in [0.1, 0.15) is 33.1 Å². The Hall–Kier alpha value is -1.47. The Kier molecular flexibility index (Phi) is 5.41. The predicted octanol–water partition coefficient (Wildman–Crippen LogP) is 2.65. The maximum Gasteiger partial charge on any atom is 0.422 e. The third kappa shape index (κ3) is 4.51. The molecule has 3 unspecified atom stereocenters. The van der Waals surface area contributed by atoms with Crippen molar-refractivity contribution in [1.82, 2.24) is 9.80 Å². The maximum atomic E-state index is 12.6. The summed E-state index contributed by atoms with van der Waals surface area (Å²) in [6.45, 7) is 4.11. The van der Waals surface area contributed by atoms with E-state index in [9.17, 15) is 22.8 Å². The molecular weight excluding hydrogens is 313 g/mol. The van der Waals surface area contributed by atoms with Crippen LogP contribution in [-0.4, -0.2) is 60.3 Å². The van der Waals surface area contributed by atoms with Crippen molar-refractivity contribution in [2.45, 2.75) is 45.3 Å². The quantitative estimate of drug-likeness (QED) is 0.779. The summed E-state index contributed by atoms with van der Waals surface area (Å²) in [5.74, 6) is 0.737. The van der Waals surface area contributed by atoms with Crippen molar-refractivity contribution >= 4 is 12.0 Å². The average Bonchev–Trinajstić information content (AvgIpc) is 2.95. The van der Waals surface area contributed by atoms with Crippen molar-refractivity contribution < 1.29 is 27.5 Å². The number of alkyl halides is 3. The highest BCUT2D eigenvalue weighted by molar-refractivity contribution is 5.86. The van der Waals surface area contributed by atoms with Crippen LogP contribution in [0.2, 0.25) is 0 Å². The molecule has 132 valence electrons. The van der Waals surface area contributed by atoms with Gasteiger partial charge >= 0.3 is 12.3 Å². The molecule has 23 heavy (non-hydrogen) atoms. The fraction of sp³-hybridized carbons (Fsp3) is 0.867. The highest BCUT2D eigenvalue weighted by Crippen LogP contribution is 2.27. The van der Waals surface area contributed by atoms with Gasteiger partial charge in [0.1, 0.15) is 6.04 Å². The minimum absolute atomic E-state index is 0.176. The summed E-state index contributed by atoms with van der Waals surface area (Å²) in [6.07, 6.45) is -3.65. The van der Waals surface area contributed by atoms with Gasteiger partial charge in [0.15, 0.2) is 6.61 Å². The van der Waals surface area contributed by atoms with Gasteiger partial charge in [-0.15, -0.1) is 0 Å². The van der Waals surface area contributed by atoms with Gasteiger partial charge < -0.3 is 9.64 Å². The van der Waals surface area contributed by atoms with E-state index in [0.717, 1.165) is 11.3 Å². The molecule has 2 heterocycles. The molecule has 0 aromatic carbocycles. The first-order valence-electron chi connectivity index (χ1n) is 7.98. The van der Waals surface area contributed by atoms with Crippen LogP contribution in [0.5, 0.6) is 0 Å². The number of hydrogen-bond acceptors (Lipinski definition) is 3. The average molecular weight is 336 g/mol. The monoisotopic (exact) mass is 336 g/mol. The summed E-state index contributed by atoms with van der Waals surface area (Å²) in [7, 11) is 0. The number of likely N-dealkylation sites (tertiary alicyclic amines) is 2. The fourth-order valence-corrected chi connectivity index (χ4v) is 3.14. The van der Waals surface area contributed by atoms with E-state index < -0.39 is 24.9 Å².